The second-order valence-electron chi connectivity index (χ2n) is 4.14. The molecule has 0 aliphatic heterocycles. The van der Waals surface area contributed by atoms with Crippen molar-refractivity contribution >= 4 is 22.4 Å². The van der Waals surface area contributed by atoms with E-state index < -0.39 is 0 Å². The Morgan fingerprint density at radius 2 is 2.05 bits per heavy atom. The first-order valence-corrected chi connectivity index (χ1v) is 7.48. The lowest BCUT2D eigenvalue weighted by molar-refractivity contribution is 0.0621. The van der Waals surface area contributed by atoms with Crippen LogP contribution in [0.4, 0.5) is 5.13 Å². The van der Waals surface area contributed by atoms with Gasteiger partial charge in [0.1, 0.15) is 0 Å². The average Bonchev–Trinajstić information content (AvgIpc) is 2.87. The number of hydrogen-bond acceptors (Lipinski definition) is 6. The summed E-state index contributed by atoms with van der Waals surface area (Å²) in [5.74, 6) is -0.149. The molecule has 0 spiro atoms. The van der Waals surface area contributed by atoms with Crippen LogP contribution in [0.5, 0.6) is 0 Å². The normalized spacial score (nSPS) is 10.8. The van der Waals surface area contributed by atoms with Crippen molar-refractivity contribution in [1.82, 2.24) is 15.1 Å². The van der Waals surface area contributed by atoms with Gasteiger partial charge in [-0.3, -0.25) is 4.79 Å². The highest BCUT2D eigenvalue weighted by Gasteiger charge is 2.24. The van der Waals surface area contributed by atoms with E-state index >= 15 is 0 Å². The average molecular weight is 286 g/mol. The Morgan fingerprint density at radius 3 is 2.58 bits per heavy atom. The zero-order valence-corrected chi connectivity index (χ0v) is 12.5. The number of carbonyl (C=O) groups excluding carboxylic acids is 1. The first-order chi connectivity index (χ1) is 9.17. The molecule has 0 radical (unpaired) electrons. The molecule has 0 saturated heterocycles. The summed E-state index contributed by atoms with van der Waals surface area (Å²) in [5, 5.41) is 21.0. The highest BCUT2D eigenvalue weighted by Crippen LogP contribution is 2.19. The zero-order valence-electron chi connectivity index (χ0n) is 11.7. The fourth-order valence-electron chi connectivity index (χ4n) is 1.94. The minimum Gasteiger partial charge on any atom is -0.395 e. The Kier molecular flexibility index (Phi) is 6.72. The number of carbonyl (C=O) groups is 1. The van der Waals surface area contributed by atoms with E-state index in [4.69, 9.17) is 5.11 Å². The van der Waals surface area contributed by atoms with Crippen LogP contribution >= 0.6 is 11.3 Å². The summed E-state index contributed by atoms with van der Waals surface area (Å²) >= 11 is 1.25. The van der Waals surface area contributed by atoms with Gasteiger partial charge in [0.05, 0.1) is 6.61 Å². The summed E-state index contributed by atoms with van der Waals surface area (Å²) in [7, 11) is 0. The molecule has 0 fully saturated rings. The van der Waals surface area contributed by atoms with Crippen LogP contribution in [-0.4, -0.2) is 51.8 Å². The Hall–Kier alpha value is -1.21. The molecule has 0 unspecified atom stereocenters. The van der Waals surface area contributed by atoms with Gasteiger partial charge in [-0.25, -0.2) is 0 Å². The fourth-order valence-corrected chi connectivity index (χ4v) is 2.71. The standard InChI is InChI=1S/C12H22N4O2S/c1-4-9(5-2)16(7-8-17)11(18)10-14-15-12(19-10)13-6-3/h9,17H,4-8H2,1-3H3,(H,13,15). The highest BCUT2D eigenvalue weighted by molar-refractivity contribution is 7.17. The molecule has 1 amide bonds. The van der Waals surface area contributed by atoms with Crippen LogP contribution in [0.2, 0.25) is 0 Å². The molecule has 0 saturated carbocycles. The van der Waals surface area contributed by atoms with Crippen molar-refractivity contribution in [2.45, 2.75) is 39.7 Å². The van der Waals surface area contributed by atoms with Crippen LogP contribution in [-0.2, 0) is 0 Å². The van der Waals surface area contributed by atoms with Crippen LogP contribution in [0.3, 0.4) is 0 Å². The summed E-state index contributed by atoms with van der Waals surface area (Å²) < 4.78 is 0. The largest absolute Gasteiger partial charge is 0.395 e. The third-order valence-corrected chi connectivity index (χ3v) is 3.79. The van der Waals surface area contributed by atoms with Crippen molar-refractivity contribution in [2.24, 2.45) is 0 Å². The Labute approximate surface area is 117 Å². The molecular formula is C12H22N4O2S. The predicted octanol–water partition coefficient (Wildman–Crippen LogP) is 1.59. The number of anilines is 1. The minimum absolute atomic E-state index is 0.0406. The summed E-state index contributed by atoms with van der Waals surface area (Å²) in [6.07, 6.45) is 1.72. The molecule has 6 nitrogen and oxygen atoms in total. The van der Waals surface area contributed by atoms with Crippen LogP contribution < -0.4 is 5.32 Å². The lowest BCUT2D eigenvalue weighted by Gasteiger charge is -2.28. The molecule has 7 heteroatoms. The van der Waals surface area contributed by atoms with E-state index in [1.807, 2.05) is 20.8 Å². The molecule has 0 aliphatic carbocycles. The number of hydrogen-bond donors (Lipinski definition) is 2. The van der Waals surface area contributed by atoms with Crippen LogP contribution in [0.15, 0.2) is 0 Å². The lowest BCUT2D eigenvalue weighted by atomic mass is 10.1. The molecular weight excluding hydrogens is 264 g/mol. The fraction of sp³-hybridized carbons (Fsp3) is 0.750. The maximum atomic E-state index is 12.4. The van der Waals surface area contributed by atoms with Crippen molar-refractivity contribution < 1.29 is 9.90 Å². The number of amides is 1. The van der Waals surface area contributed by atoms with E-state index in [1.54, 1.807) is 4.90 Å². The van der Waals surface area contributed by atoms with Gasteiger partial charge < -0.3 is 15.3 Å². The lowest BCUT2D eigenvalue weighted by Crippen LogP contribution is -2.41. The maximum absolute atomic E-state index is 12.4. The predicted molar refractivity (Wildman–Crippen MR) is 76.6 cm³/mol. The van der Waals surface area contributed by atoms with Gasteiger partial charge in [0, 0.05) is 19.1 Å². The molecule has 0 atom stereocenters. The number of nitrogens with zero attached hydrogens (tertiary/aromatic N) is 3. The Bertz CT molecular complexity index is 393. The van der Waals surface area contributed by atoms with E-state index in [2.05, 4.69) is 15.5 Å². The number of nitrogens with one attached hydrogen (secondary N) is 1. The van der Waals surface area contributed by atoms with Gasteiger partial charge >= 0.3 is 0 Å². The molecule has 2 N–H and O–H groups in total. The summed E-state index contributed by atoms with van der Waals surface area (Å²) in [6.45, 7) is 7.08. The van der Waals surface area contributed by atoms with Crippen molar-refractivity contribution in [3.05, 3.63) is 5.01 Å². The zero-order chi connectivity index (χ0) is 14.3. The van der Waals surface area contributed by atoms with Gasteiger partial charge in [0.15, 0.2) is 0 Å². The molecule has 0 aromatic carbocycles. The van der Waals surface area contributed by atoms with Crippen LogP contribution in [0.1, 0.15) is 43.4 Å². The SMILES string of the molecule is CCNc1nnc(C(=O)N(CCO)C(CC)CC)s1. The van der Waals surface area contributed by atoms with Gasteiger partial charge in [0.25, 0.3) is 5.91 Å². The van der Waals surface area contributed by atoms with Gasteiger partial charge in [-0.1, -0.05) is 25.2 Å². The molecule has 1 heterocycles. The third kappa shape index (κ3) is 4.14. The maximum Gasteiger partial charge on any atom is 0.285 e. The first-order valence-electron chi connectivity index (χ1n) is 6.67. The second kappa shape index (κ2) is 8.06. The van der Waals surface area contributed by atoms with E-state index in [0.29, 0.717) is 16.7 Å². The number of aliphatic hydroxyl groups excluding tert-OH is 1. The molecule has 0 bridgehead atoms. The molecule has 19 heavy (non-hydrogen) atoms. The summed E-state index contributed by atoms with van der Waals surface area (Å²) in [5.41, 5.74) is 0. The molecule has 108 valence electrons. The van der Waals surface area contributed by atoms with Gasteiger partial charge in [-0.15, -0.1) is 10.2 Å². The summed E-state index contributed by atoms with van der Waals surface area (Å²) in [6, 6.07) is 0.131. The van der Waals surface area contributed by atoms with Crippen molar-refractivity contribution in [1.29, 1.82) is 0 Å². The summed E-state index contributed by atoms with van der Waals surface area (Å²) in [4.78, 5) is 14.1. The molecule has 1 rings (SSSR count). The number of aliphatic hydroxyl groups is 1. The Balaban J connectivity index is 2.85. The van der Waals surface area contributed by atoms with E-state index in [-0.39, 0.29) is 18.6 Å². The molecule has 1 aromatic rings. The van der Waals surface area contributed by atoms with Crippen molar-refractivity contribution in [2.75, 3.05) is 25.0 Å². The van der Waals surface area contributed by atoms with Crippen LogP contribution in [0, 0.1) is 0 Å². The monoisotopic (exact) mass is 286 g/mol. The van der Waals surface area contributed by atoms with Gasteiger partial charge in [0.2, 0.25) is 10.1 Å². The van der Waals surface area contributed by atoms with Crippen molar-refractivity contribution in [3.8, 4) is 0 Å². The minimum atomic E-state index is -0.149. The van der Waals surface area contributed by atoms with Gasteiger partial charge in [-0.05, 0) is 19.8 Å². The second-order valence-corrected chi connectivity index (χ2v) is 5.11. The van der Waals surface area contributed by atoms with Crippen molar-refractivity contribution in [3.63, 3.8) is 0 Å². The molecule has 1 aromatic heterocycles. The van der Waals surface area contributed by atoms with Crippen LogP contribution in [0.25, 0.3) is 0 Å². The molecule has 0 aliphatic rings. The van der Waals surface area contributed by atoms with E-state index in [1.165, 1.54) is 11.3 Å². The first kappa shape index (κ1) is 15.8. The quantitative estimate of drug-likeness (QED) is 0.759. The van der Waals surface area contributed by atoms with Gasteiger partial charge in [-0.2, -0.15) is 0 Å². The number of aromatic nitrogens is 2. The highest BCUT2D eigenvalue weighted by atomic mass is 32.1. The van der Waals surface area contributed by atoms with E-state index in [9.17, 15) is 4.79 Å². The number of rotatable bonds is 8. The smallest absolute Gasteiger partial charge is 0.285 e. The Morgan fingerprint density at radius 1 is 1.37 bits per heavy atom. The van der Waals surface area contributed by atoms with E-state index in [0.717, 1.165) is 19.4 Å². The third-order valence-electron chi connectivity index (χ3n) is 2.92. The topological polar surface area (TPSA) is 78.4 Å².